The van der Waals surface area contributed by atoms with Gasteiger partial charge in [0, 0.05) is 24.1 Å². The van der Waals surface area contributed by atoms with Crippen LogP contribution in [0.25, 0.3) is 0 Å². The highest BCUT2D eigenvalue weighted by Crippen LogP contribution is 2.14. The topological polar surface area (TPSA) is 66.9 Å². The van der Waals surface area contributed by atoms with E-state index < -0.39 is 0 Å². The Kier molecular flexibility index (Phi) is 4.87. The van der Waals surface area contributed by atoms with Gasteiger partial charge in [-0.1, -0.05) is 25.1 Å². The highest BCUT2D eigenvalue weighted by atomic mass is 16.1. The van der Waals surface area contributed by atoms with Crippen LogP contribution in [0, 0.1) is 6.92 Å². The molecule has 110 valence electrons. The van der Waals surface area contributed by atoms with Gasteiger partial charge in [0.1, 0.15) is 0 Å². The molecule has 0 fully saturated rings. The van der Waals surface area contributed by atoms with Crippen LogP contribution in [0.1, 0.15) is 36.2 Å². The van der Waals surface area contributed by atoms with Crippen molar-refractivity contribution < 1.29 is 4.79 Å². The van der Waals surface area contributed by atoms with Crippen LogP contribution in [0.15, 0.2) is 36.7 Å². The van der Waals surface area contributed by atoms with Crippen molar-refractivity contribution in [3.05, 3.63) is 47.8 Å². The van der Waals surface area contributed by atoms with Crippen molar-refractivity contribution in [2.24, 2.45) is 0 Å². The molecule has 0 saturated carbocycles. The van der Waals surface area contributed by atoms with Crippen molar-refractivity contribution in [2.75, 3.05) is 10.6 Å². The Balaban J connectivity index is 2.05. The van der Waals surface area contributed by atoms with E-state index in [1.54, 1.807) is 0 Å². The molecule has 0 radical (unpaired) electrons. The van der Waals surface area contributed by atoms with Crippen molar-refractivity contribution in [3.63, 3.8) is 0 Å². The maximum Gasteiger partial charge on any atom is 0.258 e. The van der Waals surface area contributed by atoms with Gasteiger partial charge in [0.15, 0.2) is 0 Å². The lowest BCUT2D eigenvalue weighted by molar-refractivity contribution is 0.102. The molecule has 5 heteroatoms. The van der Waals surface area contributed by atoms with Gasteiger partial charge in [-0.15, -0.1) is 0 Å². The summed E-state index contributed by atoms with van der Waals surface area (Å²) in [6.45, 7) is 6.09. The number of hydrogen-bond donors (Lipinski definition) is 2. The maximum atomic E-state index is 12.1. The number of para-hydroxylation sites is 1. The molecule has 0 aliphatic heterocycles. The number of aryl methyl sites for hydroxylation is 1. The van der Waals surface area contributed by atoms with Gasteiger partial charge in [-0.3, -0.25) is 4.79 Å². The molecule has 2 N–H and O–H groups in total. The molecule has 0 bridgehead atoms. The fraction of sp³-hybridized carbons (Fsp3) is 0.312. The molecule has 2 aromatic rings. The Morgan fingerprint density at radius 1 is 1.24 bits per heavy atom. The normalized spacial score (nSPS) is 11.8. The summed E-state index contributed by atoms with van der Waals surface area (Å²) in [6.07, 6.45) is 4.05. The van der Waals surface area contributed by atoms with E-state index >= 15 is 0 Å². The number of hydrogen-bond acceptors (Lipinski definition) is 4. The van der Waals surface area contributed by atoms with Crippen molar-refractivity contribution in [1.29, 1.82) is 0 Å². The van der Waals surface area contributed by atoms with Gasteiger partial charge in [-0.2, -0.15) is 0 Å². The summed E-state index contributed by atoms with van der Waals surface area (Å²) >= 11 is 0. The zero-order valence-electron chi connectivity index (χ0n) is 12.6. The second-order valence-corrected chi connectivity index (χ2v) is 5.02. The van der Waals surface area contributed by atoms with E-state index in [9.17, 15) is 4.79 Å². The zero-order valence-corrected chi connectivity index (χ0v) is 12.6. The Morgan fingerprint density at radius 3 is 2.52 bits per heavy atom. The predicted molar refractivity (Wildman–Crippen MR) is 84.5 cm³/mol. The van der Waals surface area contributed by atoms with E-state index in [-0.39, 0.29) is 5.91 Å². The number of rotatable bonds is 5. The average molecular weight is 284 g/mol. The fourth-order valence-corrected chi connectivity index (χ4v) is 1.75. The number of anilines is 2. The van der Waals surface area contributed by atoms with E-state index in [1.807, 2.05) is 31.2 Å². The molecule has 0 aliphatic carbocycles. The molecule has 5 nitrogen and oxygen atoms in total. The first-order chi connectivity index (χ1) is 10.1. The van der Waals surface area contributed by atoms with Crippen molar-refractivity contribution in [1.82, 2.24) is 9.97 Å². The molecule has 1 heterocycles. The summed E-state index contributed by atoms with van der Waals surface area (Å²) in [7, 11) is 0. The van der Waals surface area contributed by atoms with Crippen molar-refractivity contribution >= 4 is 17.5 Å². The first-order valence-corrected chi connectivity index (χ1v) is 7.05. The third-order valence-electron chi connectivity index (χ3n) is 3.30. The molecule has 1 aromatic carbocycles. The van der Waals surface area contributed by atoms with Gasteiger partial charge in [0.25, 0.3) is 5.91 Å². The minimum absolute atomic E-state index is 0.209. The molecule has 2 rings (SSSR count). The summed E-state index contributed by atoms with van der Waals surface area (Å²) < 4.78 is 0. The fourth-order valence-electron chi connectivity index (χ4n) is 1.75. The maximum absolute atomic E-state index is 12.1. The Hall–Kier alpha value is -2.43. The van der Waals surface area contributed by atoms with Gasteiger partial charge < -0.3 is 10.6 Å². The number of nitrogens with one attached hydrogen (secondary N) is 2. The number of carbonyl (C=O) groups is 1. The Bertz CT molecular complexity index is 610. The van der Waals surface area contributed by atoms with Gasteiger partial charge >= 0.3 is 0 Å². The Morgan fingerprint density at radius 2 is 1.90 bits per heavy atom. The van der Waals surface area contributed by atoms with Crippen LogP contribution in [0.5, 0.6) is 0 Å². The first-order valence-electron chi connectivity index (χ1n) is 7.05. The minimum atomic E-state index is -0.209. The molecule has 21 heavy (non-hydrogen) atoms. The summed E-state index contributed by atoms with van der Waals surface area (Å²) in [5, 5.41) is 6.02. The van der Waals surface area contributed by atoms with E-state index in [2.05, 4.69) is 34.4 Å². The number of amides is 1. The van der Waals surface area contributed by atoms with Crippen LogP contribution in [0.2, 0.25) is 0 Å². The van der Waals surface area contributed by atoms with Gasteiger partial charge in [-0.05, 0) is 31.9 Å². The van der Waals surface area contributed by atoms with Gasteiger partial charge in [0.05, 0.1) is 5.56 Å². The van der Waals surface area contributed by atoms with Crippen LogP contribution >= 0.6 is 0 Å². The third kappa shape index (κ3) is 4.02. The van der Waals surface area contributed by atoms with Crippen LogP contribution < -0.4 is 10.6 Å². The largest absolute Gasteiger partial charge is 0.352 e. The first kappa shape index (κ1) is 15.0. The average Bonchev–Trinajstić information content (AvgIpc) is 2.50. The van der Waals surface area contributed by atoms with E-state index in [0.29, 0.717) is 17.6 Å². The monoisotopic (exact) mass is 284 g/mol. The number of carbonyl (C=O) groups excluding carboxylic acids is 1. The lowest BCUT2D eigenvalue weighted by Crippen LogP contribution is -2.17. The van der Waals surface area contributed by atoms with Gasteiger partial charge in [-0.25, -0.2) is 9.97 Å². The van der Waals surface area contributed by atoms with Crippen molar-refractivity contribution in [2.45, 2.75) is 33.2 Å². The molecule has 1 unspecified atom stereocenters. The molecule has 0 saturated heterocycles. The highest BCUT2D eigenvalue weighted by Gasteiger charge is 2.09. The molecular formula is C16H20N4O. The minimum Gasteiger partial charge on any atom is -0.352 e. The van der Waals surface area contributed by atoms with Crippen LogP contribution in [0.4, 0.5) is 11.6 Å². The SMILES string of the molecule is CCC(C)Nc1ncc(C(=O)Nc2ccccc2C)cn1. The summed E-state index contributed by atoms with van der Waals surface area (Å²) in [5.74, 6) is 0.330. The number of benzene rings is 1. The lowest BCUT2D eigenvalue weighted by Gasteiger charge is -2.11. The third-order valence-corrected chi connectivity index (χ3v) is 3.30. The van der Waals surface area contributed by atoms with E-state index in [4.69, 9.17) is 0 Å². The molecule has 0 aliphatic rings. The highest BCUT2D eigenvalue weighted by molar-refractivity contribution is 6.04. The van der Waals surface area contributed by atoms with Crippen LogP contribution in [-0.4, -0.2) is 21.9 Å². The zero-order chi connectivity index (χ0) is 15.2. The standard InChI is InChI=1S/C16H20N4O/c1-4-12(3)19-16-17-9-13(10-18-16)15(21)20-14-8-6-5-7-11(14)2/h5-10,12H,4H2,1-3H3,(H,20,21)(H,17,18,19). The quantitative estimate of drug-likeness (QED) is 0.884. The van der Waals surface area contributed by atoms with Crippen LogP contribution in [-0.2, 0) is 0 Å². The van der Waals surface area contributed by atoms with E-state index in [0.717, 1.165) is 17.7 Å². The number of aromatic nitrogens is 2. The lowest BCUT2D eigenvalue weighted by atomic mass is 10.2. The molecule has 1 aromatic heterocycles. The summed E-state index contributed by atoms with van der Waals surface area (Å²) in [6, 6.07) is 7.94. The summed E-state index contributed by atoms with van der Waals surface area (Å²) in [5.41, 5.74) is 2.25. The van der Waals surface area contributed by atoms with E-state index in [1.165, 1.54) is 12.4 Å². The molecule has 0 spiro atoms. The molecule has 1 atom stereocenters. The van der Waals surface area contributed by atoms with Crippen LogP contribution in [0.3, 0.4) is 0 Å². The molecule has 1 amide bonds. The second kappa shape index (κ2) is 6.83. The predicted octanol–water partition coefficient (Wildman–Crippen LogP) is 3.25. The Labute approximate surface area is 124 Å². The molecular weight excluding hydrogens is 264 g/mol. The van der Waals surface area contributed by atoms with Gasteiger partial charge in [0.2, 0.25) is 5.95 Å². The summed E-state index contributed by atoms with van der Waals surface area (Å²) in [4.78, 5) is 20.5. The van der Waals surface area contributed by atoms with Crippen molar-refractivity contribution in [3.8, 4) is 0 Å². The number of nitrogens with zero attached hydrogens (tertiary/aromatic N) is 2. The smallest absolute Gasteiger partial charge is 0.258 e. The second-order valence-electron chi connectivity index (χ2n) is 5.02.